The summed E-state index contributed by atoms with van der Waals surface area (Å²) in [7, 11) is 1.57. The summed E-state index contributed by atoms with van der Waals surface area (Å²) in [6.45, 7) is 1.41. The molecule has 1 aliphatic carbocycles. The number of anilines is 1. The molecule has 1 aromatic rings. The lowest BCUT2D eigenvalue weighted by Gasteiger charge is -2.38. The Morgan fingerprint density at radius 1 is 1.63 bits per heavy atom. The summed E-state index contributed by atoms with van der Waals surface area (Å²) in [5.74, 6) is 0. The Hall–Kier alpha value is -1.11. The minimum absolute atomic E-state index is 0.147. The molecule has 106 valence electrons. The fourth-order valence-corrected chi connectivity index (χ4v) is 2.22. The van der Waals surface area contributed by atoms with Crippen LogP contribution in [0.25, 0.3) is 0 Å². The first-order valence-electron chi connectivity index (χ1n) is 6.33. The van der Waals surface area contributed by atoms with Crippen molar-refractivity contribution in [3.8, 4) is 0 Å². The molecule has 1 aromatic heterocycles. The van der Waals surface area contributed by atoms with Crippen molar-refractivity contribution >= 4 is 17.3 Å². The van der Waals surface area contributed by atoms with Gasteiger partial charge in [-0.3, -0.25) is 4.79 Å². The van der Waals surface area contributed by atoms with E-state index in [1.807, 2.05) is 0 Å². The largest absolute Gasteiger partial charge is 0.383 e. The highest BCUT2D eigenvalue weighted by atomic mass is 35.5. The second kappa shape index (κ2) is 5.90. The van der Waals surface area contributed by atoms with Crippen LogP contribution in [0.15, 0.2) is 11.0 Å². The summed E-state index contributed by atoms with van der Waals surface area (Å²) >= 11 is 6.05. The van der Waals surface area contributed by atoms with Crippen LogP contribution in [0.3, 0.4) is 0 Å². The normalized spacial score (nSPS) is 17.0. The monoisotopic (exact) mass is 286 g/mol. The summed E-state index contributed by atoms with van der Waals surface area (Å²) in [6, 6.07) is 0. The molecule has 0 amide bonds. The van der Waals surface area contributed by atoms with Crippen molar-refractivity contribution in [2.75, 3.05) is 25.6 Å². The molecule has 6 nitrogen and oxygen atoms in total. The predicted octanol–water partition coefficient (Wildman–Crippen LogP) is 0.836. The minimum atomic E-state index is -0.316. The van der Waals surface area contributed by atoms with E-state index in [0.29, 0.717) is 25.4 Å². The van der Waals surface area contributed by atoms with Crippen LogP contribution in [0.2, 0.25) is 5.02 Å². The van der Waals surface area contributed by atoms with Crippen LogP contribution in [0.1, 0.15) is 19.3 Å². The third-order valence-electron chi connectivity index (χ3n) is 3.47. The van der Waals surface area contributed by atoms with Crippen LogP contribution in [-0.4, -0.2) is 35.6 Å². The lowest BCUT2D eigenvalue weighted by atomic mass is 9.78. The summed E-state index contributed by atoms with van der Waals surface area (Å²) in [5.41, 5.74) is 6.16. The Morgan fingerprint density at radius 2 is 2.37 bits per heavy atom. The van der Waals surface area contributed by atoms with Gasteiger partial charge in [-0.2, -0.15) is 5.10 Å². The molecule has 2 rings (SSSR count). The maximum atomic E-state index is 11.9. The van der Waals surface area contributed by atoms with E-state index in [9.17, 15) is 4.79 Å². The lowest BCUT2D eigenvalue weighted by Crippen LogP contribution is -2.52. The number of rotatable bonds is 6. The SMILES string of the molecule is COCCn1ncc(NCC2(N)CCC2)c(Cl)c1=O. The molecule has 0 saturated heterocycles. The van der Waals surface area contributed by atoms with Crippen LogP contribution in [0.4, 0.5) is 5.69 Å². The molecule has 1 fully saturated rings. The Balaban J connectivity index is 2.05. The van der Waals surface area contributed by atoms with Crippen molar-refractivity contribution < 1.29 is 4.74 Å². The van der Waals surface area contributed by atoms with Gasteiger partial charge in [-0.25, -0.2) is 4.68 Å². The lowest BCUT2D eigenvalue weighted by molar-refractivity contribution is 0.182. The fourth-order valence-electron chi connectivity index (χ4n) is 2.00. The summed E-state index contributed by atoms with van der Waals surface area (Å²) in [5, 5.41) is 7.32. The average Bonchev–Trinajstić information content (AvgIpc) is 2.37. The summed E-state index contributed by atoms with van der Waals surface area (Å²) in [4.78, 5) is 11.9. The molecule has 0 bridgehead atoms. The standard InChI is InChI=1S/C12H19ClN4O2/c1-19-6-5-17-11(18)10(13)9(7-16-17)15-8-12(14)3-2-4-12/h7,15H,2-6,8,14H2,1H3. The molecule has 0 spiro atoms. The number of ether oxygens (including phenoxy) is 1. The highest BCUT2D eigenvalue weighted by Gasteiger charge is 2.32. The number of nitrogens with one attached hydrogen (secondary N) is 1. The third kappa shape index (κ3) is 3.26. The predicted molar refractivity (Wildman–Crippen MR) is 74.6 cm³/mol. The molecule has 3 N–H and O–H groups in total. The summed E-state index contributed by atoms with van der Waals surface area (Å²) in [6.07, 6.45) is 4.70. The number of halogens is 1. The van der Waals surface area contributed by atoms with Gasteiger partial charge in [-0.15, -0.1) is 0 Å². The zero-order chi connectivity index (χ0) is 13.9. The molecule has 0 aromatic carbocycles. The van der Waals surface area contributed by atoms with E-state index in [1.165, 1.54) is 4.68 Å². The second-order valence-corrected chi connectivity index (χ2v) is 5.34. The molecule has 7 heteroatoms. The van der Waals surface area contributed by atoms with Crippen LogP contribution < -0.4 is 16.6 Å². The highest BCUT2D eigenvalue weighted by Crippen LogP contribution is 2.29. The molecule has 0 atom stereocenters. The van der Waals surface area contributed by atoms with Gasteiger partial charge in [-0.05, 0) is 19.3 Å². The zero-order valence-corrected chi connectivity index (χ0v) is 11.7. The maximum Gasteiger partial charge on any atom is 0.287 e. The van der Waals surface area contributed by atoms with Crippen LogP contribution in [0.5, 0.6) is 0 Å². The number of methoxy groups -OCH3 is 1. The maximum absolute atomic E-state index is 11.9. The van der Waals surface area contributed by atoms with E-state index >= 15 is 0 Å². The van der Waals surface area contributed by atoms with Gasteiger partial charge in [0.2, 0.25) is 0 Å². The smallest absolute Gasteiger partial charge is 0.287 e. The second-order valence-electron chi connectivity index (χ2n) is 4.96. The Labute approximate surface area is 116 Å². The van der Waals surface area contributed by atoms with Gasteiger partial charge in [0.05, 0.1) is 25.0 Å². The van der Waals surface area contributed by atoms with E-state index in [4.69, 9.17) is 22.1 Å². The number of hydrogen-bond acceptors (Lipinski definition) is 5. The molecule has 19 heavy (non-hydrogen) atoms. The van der Waals surface area contributed by atoms with Gasteiger partial charge in [0, 0.05) is 19.2 Å². The quantitative estimate of drug-likeness (QED) is 0.810. The van der Waals surface area contributed by atoms with E-state index in [1.54, 1.807) is 13.3 Å². The van der Waals surface area contributed by atoms with E-state index in [2.05, 4.69) is 10.4 Å². The highest BCUT2D eigenvalue weighted by molar-refractivity contribution is 6.32. The van der Waals surface area contributed by atoms with E-state index in [0.717, 1.165) is 19.3 Å². The van der Waals surface area contributed by atoms with Crippen molar-refractivity contribution in [1.29, 1.82) is 0 Å². The van der Waals surface area contributed by atoms with Crippen molar-refractivity contribution in [3.63, 3.8) is 0 Å². The molecule has 1 aliphatic rings. The van der Waals surface area contributed by atoms with Crippen molar-refractivity contribution in [3.05, 3.63) is 21.6 Å². The molecule has 0 aliphatic heterocycles. The average molecular weight is 287 g/mol. The van der Waals surface area contributed by atoms with Crippen molar-refractivity contribution in [2.24, 2.45) is 5.73 Å². The van der Waals surface area contributed by atoms with Crippen LogP contribution in [0, 0.1) is 0 Å². The zero-order valence-electron chi connectivity index (χ0n) is 11.0. The number of aromatic nitrogens is 2. The Bertz CT molecular complexity index is 499. The van der Waals surface area contributed by atoms with Gasteiger partial charge in [0.15, 0.2) is 0 Å². The summed E-state index contributed by atoms with van der Waals surface area (Å²) < 4.78 is 6.20. The topological polar surface area (TPSA) is 82.2 Å². The Morgan fingerprint density at radius 3 is 2.95 bits per heavy atom. The molecule has 0 unspecified atom stereocenters. The van der Waals surface area contributed by atoms with Gasteiger partial charge in [0.25, 0.3) is 5.56 Å². The van der Waals surface area contributed by atoms with Crippen molar-refractivity contribution in [2.45, 2.75) is 31.3 Å². The first-order valence-corrected chi connectivity index (χ1v) is 6.71. The molecule has 1 heterocycles. The molecule has 0 radical (unpaired) electrons. The number of hydrogen-bond donors (Lipinski definition) is 2. The Kier molecular flexibility index (Phi) is 4.44. The van der Waals surface area contributed by atoms with E-state index < -0.39 is 0 Å². The molecule has 1 saturated carbocycles. The number of nitrogens with zero attached hydrogens (tertiary/aromatic N) is 2. The fraction of sp³-hybridized carbons (Fsp3) is 0.667. The van der Waals surface area contributed by atoms with Crippen LogP contribution in [-0.2, 0) is 11.3 Å². The van der Waals surface area contributed by atoms with Crippen LogP contribution >= 0.6 is 11.6 Å². The third-order valence-corrected chi connectivity index (χ3v) is 3.84. The van der Waals surface area contributed by atoms with Crippen molar-refractivity contribution in [1.82, 2.24) is 9.78 Å². The minimum Gasteiger partial charge on any atom is -0.383 e. The van der Waals surface area contributed by atoms with Gasteiger partial charge in [0.1, 0.15) is 5.02 Å². The molecular formula is C12H19ClN4O2. The first-order chi connectivity index (χ1) is 9.06. The first kappa shape index (κ1) is 14.3. The van der Waals surface area contributed by atoms with Gasteiger partial charge >= 0.3 is 0 Å². The van der Waals surface area contributed by atoms with Gasteiger partial charge in [-0.1, -0.05) is 11.6 Å². The number of nitrogens with two attached hydrogens (primary N) is 1. The molecular weight excluding hydrogens is 268 g/mol. The van der Waals surface area contributed by atoms with Gasteiger partial charge < -0.3 is 15.8 Å². The van der Waals surface area contributed by atoms with E-state index in [-0.39, 0.29) is 16.1 Å².